The van der Waals surface area contributed by atoms with Crippen molar-refractivity contribution in [1.29, 1.82) is 5.26 Å². The molecule has 0 bridgehead atoms. The summed E-state index contributed by atoms with van der Waals surface area (Å²) < 4.78 is 10.9. The molecule has 0 fully saturated rings. The molecule has 0 aliphatic carbocycles. The summed E-state index contributed by atoms with van der Waals surface area (Å²) in [5.74, 6) is 1.26. The van der Waals surface area contributed by atoms with Gasteiger partial charge in [-0.3, -0.25) is 0 Å². The Morgan fingerprint density at radius 1 is 1.24 bits per heavy atom. The third-order valence-electron chi connectivity index (χ3n) is 2.26. The highest BCUT2D eigenvalue weighted by Crippen LogP contribution is 2.32. The van der Waals surface area contributed by atoms with E-state index in [0.29, 0.717) is 30.3 Å². The second kappa shape index (κ2) is 5.95. The van der Waals surface area contributed by atoms with Gasteiger partial charge in [-0.05, 0) is 32.4 Å². The van der Waals surface area contributed by atoms with Gasteiger partial charge in [-0.15, -0.1) is 0 Å². The largest absolute Gasteiger partial charge is 0.493 e. The van der Waals surface area contributed by atoms with Gasteiger partial charge in [-0.2, -0.15) is 5.26 Å². The molecule has 0 spiro atoms. The monoisotopic (exact) mass is 231 g/mol. The Balaban J connectivity index is 3.32. The number of ether oxygens (including phenoxy) is 2. The molecule has 3 heteroatoms. The SMILES string of the molecule is C=C(C)c1cc(OCC)c(C#N)cc1OCC. The van der Waals surface area contributed by atoms with Crippen LogP contribution >= 0.6 is 0 Å². The van der Waals surface area contributed by atoms with Gasteiger partial charge in [0.25, 0.3) is 0 Å². The minimum Gasteiger partial charge on any atom is -0.493 e. The van der Waals surface area contributed by atoms with Crippen molar-refractivity contribution in [2.45, 2.75) is 20.8 Å². The highest BCUT2D eigenvalue weighted by atomic mass is 16.5. The third-order valence-corrected chi connectivity index (χ3v) is 2.26. The molecule has 1 aromatic rings. The van der Waals surface area contributed by atoms with Gasteiger partial charge in [0.15, 0.2) is 0 Å². The van der Waals surface area contributed by atoms with E-state index in [1.807, 2.05) is 26.8 Å². The van der Waals surface area contributed by atoms with E-state index in [0.717, 1.165) is 11.1 Å². The molecule has 0 N–H and O–H groups in total. The standard InChI is InChI=1S/C14H17NO2/c1-5-16-13-8-12(10(3)4)14(17-6-2)7-11(13)9-15/h7-8H,3,5-6H2,1-2,4H3. The van der Waals surface area contributed by atoms with Crippen molar-refractivity contribution in [3.05, 3.63) is 29.8 Å². The van der Waals surface area contributed by atoms with Crippen molar-refractivity contribution < 1.29 is 9.47 Å². The Bertz CT molecular complexity index is 458. The zero-order chi connectivity index (χ0) is 12.8. The Labute approximate surface area is 102 Å². The smallest absolute Gasteiger partial charge is 0.137 e. The number of hydrogen-bond donors (Lipinski definition) is 0. The molecule has 0 heterocycles. The van der Waals surface area contributed by atoms with E-state index in [9.17, 15) is 0 Å². The maximum atomic E-state index is 9.06. The predicted octanol–water partition coefficient (Wildman–Crippen LogP) is 3.39. The first-order chi connectivity index (χ1) is 8.13. The average molecular weight is 231 g/mol. The molecular formula is C14H17NO2. The number of benzene rings is 1. The third kappa shape index (κ3) is 3.01. The highest BCUT2D eigenvalue weighted by molar-refractivity contribution is 5.70. The molecule has 0 aromatic heterocycles. The summed E-state index contributed by atoms with van der Waals surface area (Å²) in [6.07, 6.45) is 0. The molecule has 3 nitrogen and oxygen atoms in total. The first-order valence-corrected chi connectivity index (χ1v) is 5.63. The molecule has 17 heavy (non-hydrogen) atoms. The van der Waals surface area contributed by atoms with E-state index in [1.54, 1.807) is 6.07 Å². The Kier molecular flexibility index (Phi) is 4.59. The van der Waals surface area contributed by atoms with E-state index in [1.165, 1.54) is 0 Å². The minimum absolute atomic E-state index is 0.486. The van der Waals surface area contributed by atoms with Crippen LogP contribution in [-0.4, -0.2) is 13.2 Å². The number of allylic oxidation sites excluding steroid dienone is 1. The van der Waals surface area contributed by atoms with Gasteiger partial charge in [0, 0.05) is 11.6 Å². The maximum absolute atomic E-state index is 9.06. The lowest BCUT2D eigenvalue weighted by atomic mass is 10.0. The van der Waals surface area contributed by atoms with Crippen LogP contribution in [0, 0.1) is 11.3 Å². The summed E-state index contributed by atoms with van der Waals surface area (Å²) in [5, 5.41) is 9.06. The number of hydrogen-bond acceptors (Lipinski definition) is 3. The lowest BCUT2D eigenvalue weighted by molar-refractivity contribution is 0.329. The van der Waals surface area contributed by atoms with Crippen molar-refractivity contribution >= 4 is 5.57 Å². The fourth-order valence-corrected chi connectivity index (χ4v) is 1.53. The molecule has 0 atom stereocenters. The molecule has 90 valence electrons. The molecule has 0 saturated heterocycles. The average Bonchev–Trinajstić information content (AvgIpc) is 2.30. The summed E-state index contributed by atoms with van der Waals surface area (Å²) in [7, 11) is 0. The van der Waals surface area contributed by atoms with Crippen LogP contribution in [-0.2, 0) is 0 Å². The van der Waals surface area contributed by atoms with Gasteiger partial charge in [-0.1, -0.05) is 6.58 Å². The fourth-order valence-electron chi connectivity index (χ4n) is 1.53. The van der Waals surface area contributed by atoms with Gasteiger partial charge < -0.3 is 9.47 Å². The van der Waals surface area contributed by atoms with Crippen LogP contribution < -0.4 is 9.47 Å². The summed E-state index contributed by atoms with van der Waals surface area (Å²) in [5.41, 5.74) is 2.26. The van der Waals surface area contributed by atoms with Crippen molar-refractivity contribution in [2.75, 3.05) is 13.2 Å². The van der Waals surface area contributed by atoms with Crippen LogP contribution in [0.3, 0.4) is 0 Å². The van der Waals surface area contributed by atoms with Gasteiger partial charge in [0.1, 0.15) is 17.6 Å². The Morgan fingerprint density at radius 3 is 2.29 bits per heavy atom. The second-order valence-corrected chi connectivity index (χ2v) is 3.60. The zero-order valence-corrected chi connectivity index (χ0v) is 10.5. The molecule has 0 aliphatic rings. The van der Waals surface area contributed by atoms with Crippen LogP contribution in [0.4, 0.5) is 0 Å². The molecule has 1 aromatic carbocycles. The van der Waals surface area contributed by atoms with Gasteiger partial charge in [-0.25, -0.2) is 0 Å². The first kappa shape index (κ1) is 13.1. The highest BCUT2D eigenvalue weighted by Gasteiger charge is 2.12. The van der Waals surface area contributed by atoms with E-state index in [-0.39, 0.29) is 0 Å². The fraction of sp³-hybridized carbons (Fsp3) is 0.357. The van der Waals surface area contributed by atoms with E-state index in [2.05, 4.69) is 12.6 Å². The maximum Gasteiger partial charge on any atom is 0.137 e. The molecule has 0 saturated carbocycles. The summed E-state index contributed by atoms with van der Waals surface area (Å²) >= 11 is 0. The normalized spacial score (nSPS) is 9.53. The van der Waals surface area contributed by atoms with Gasteiger partial charge >= 0.3 is 0 Å². The van der Waals surface area contributed by atoms with Gasteiger partial charge in [0.05, 0.1) is 18.8 Å². The quantitative estimate of drug-likeness (QED) is 0.780. The molecule has 0 amide bonds. The van der Waals surface area contributed by atoms with Gasteiger partial charge in [0.2, 0.25) is 0 Å². The van der Waals surface area contributed by atoms with Crippen molar-refractivity contribution in [3.63, 3.8) is 0 Å². The van der Waals surface area contributed by atoms with Crippen LogP contribution in [0.5, 0.6) is 11.5 Å². The van der Waals surface area contributed by atoms with Crippen LogP contribution in [0.2, 0.25) is 0 Å². The first-order valence-electron chi connectivity index (χ1n) is 5.63. The zero-order valence-electron chi connectivity index (χ0n) is 10.5. The number of nitriles is 1. The lowest BCUT2D eigenvalue weighted by Gasteiger charge is -2.13. The summed E-state index contributed by atoms with van der Waals surface area (Å²) in [6, 6.07) is 5.63. The molecular weight excluding hydrogens is 214 g/mol. The molecule has 0 unspecified atom stereocenters. The van der Waals surface area contributed by atoms with E-state index in [4.69, 9.17) is 14.7 Å². The second-order valence-electron chi connectivity index (χ2n) is 3.60. The summed E-state index contributed by atoms with van der Waals surface area (Å²) in [4.78, 5) is 0. The Hall–Kier alpha value is -1.95. The van der Waals surface area contributed by atoms with Crippen molar-refractivity contribution in [3.8, 4) is 17.6 Å². The van der Waals surface area contributed by atoms with E-state index >= 15 is 0 Å². The van der Waals surface area contributed by atoms with Crippen LogP contribution in [0.25, 0.3) is 5.57 Å². The molecule has 0 aliphatic heterocycles. The Morgan fingerprint density at radius 2 is 1.82 bits per heavy atom. The summed E-state index contributed by atoms with van der Waals surface area (Å²) in [6.45, 7) is 10.7. The van der Waals surface area contributed by atoms with Crippen LogP contribution in [0.1, 0.15) is 31.9 Å². The minimum atomic E-state index is 0.486. The predicted molar refractivity (Wildman–Crippen MR) is 68.2 cm³/mol. The lowest BCUT2D eigenvalue weighted by Crippen LogP contribution is -2.00. The molecule has 0 radical (unpaired) electrons. The number of rotatable bonds is 5. The topological polar surface area (TPSA) is 42.2 Å². The van der Waals surface area contributed by atoms with Crippen molar-refractivity contribution in [1.82, 2.24) is 0 Å². The van der Waals surface area contributed by atoms with Crippen molar-refractivity contribution in [2.24, 2.45) is 0 Å². The van der Waals surface area contributed by atoms with E-state index < -0.39 is 0 Å². The van der Waals surface area contributed by atoms with Crippen LogP contribution in [0.15, 0.2) is 18.7 Å². The molecule has 1 rings (SSSR count). The number of nitrogens with zero attached hydrogens (tertiary/aromatic N) is 1.